The quantitative estimate of drug-likeness (QED) is 0.539. The minimum atomic E-state index is -0.746. The van der Waals surface area contributed by atoms with Gasteiger partial charge in [0.05, 0.1) is 10.7 Å². The molecule has 0 unspecified atom stereocenters. The average Bonchev–Trinajstić information content (AvgIpc) is 2.77. The van der Waals surface area contributed by atoms with Gasteiger partial charge < -0.3 is 16.0 Å². The predicted molar refractivity (Wildman–Crippen MR) is 84.6 cm³/mol. The van der Waals surface area contributed by atoms with Gasteiger partial charge in [-0.05, 0) is 40.8 Å². The molecule has 2 rings (SSSR count). The molecular weight excluding hydrogens is 395 g/mol. The van der Waals surface area contributed by atoms with Gasteiger partial charge in [0.25, 0.3) is 5.91 Å². The summed E-state index contributed by atoms with van der Waals surface area (Å²) >= 11 is 8.22. The molecule has 104 valence electrons. The van der Waals surface area contributed by atoms with Crippen LogP contribution >= 0.6 is 34.2 Å². The van der Waals surface area contributed by atoms with Crippen LogP contribution in [0.4, 0.5) is 11.6 Å². The van der Waals surface area contributed by atoms with Gasteiger partial charge in [-0.1, -0.05) is 11.6 Å². The molecule has 20 heavy (non-hydrogen) atoms. The topological polar surface area (TPSA) is 101 Å². The Balaban J connectivity index is 2.37. The van der Waals surface area contributed by atoms with Crippen LogP contribution in [0.5, 0.6) is 0 Å². The molecule has 0 fully saturated rings. The number of benzene rings is 1. The minimum absolute atomic E-state index is 0.00151. The van der Waals surface area contributed by atoms with Crippen LogP contribution in [-0.4, -0.2) is 21.7 Å². The van der Waals surface area contributed by atoms with Crippen molar-refractivity contribution in [3.63, 3.8) is 0 Å². The van der Waals surface area contributed by atoms with Crippen molar-refractivity contribution in [3.8, 4) is 0 Å². The molecule has 0 saturated heterocycles. The number of Topliss-reactive ketones (excluding diaryl/α,β-unsaturated/α-hetero) is 1. The van der Waals surface area contributed by atoms with E-state index in [9.17, 15) is 9.59 Å². The van der Waals surface area contributed by atoms with Gasteiger partial charge in [0.1, 0.15) is 11.4 Å². The molecule has 8 heteroatoms. The zero-order chi connectivity index (χ0) is 14.9. The number of anilines is 2. The Kier molecular flexibility index (Phi) is 4.29. The van der Waals surface area contributed by atoms with Gasteiger partial charge in [0.2, 0.25) is 5.95 Å². The summed E-state index contributed by atoms with van der Waals surface area (Å²) in [6.45, 7) is 1.31. The molecule has 0 spiro atoms. The number of carbonyl (C=O) groups is 2. The zero-order valence-corrected chi connectivity index (χ0v) is 13.2. The second kappa shape index (κ2) is 5.80. The summed E-state index contributed by atoms with van der Waals surface area (Å²) in [5, 5.41) is 3.41. The number of imidazole rings is 1. The monoisotopic (exact) mass is 404 g/mol. The third-order valence-corrected chi connectivity index (χ3v) is 3.45. The maximum atomic E-state index is 11.4. The minimum Gasteiger partial charge on any atom is -0.364 e. The first-order chi connectivity index (χ1) is 9.38. The first-order valence-electron chi connectivity index (χ1n) is 5.51. The van der Waals surface area contributed by atoms with Crippen molar-refractivity contribution in [1.29, 1.82) is 0 Å². The molecule has 1 amide bonds. The Morgan fingerprint density at radius 2 is 2.15 bits per heavy atom. The van der Waals surface area contributed by atoms with E-state index in [1.807, 2.05) is 6.07 Å². The van der Waals surface area contributed by atoms with Crippen LogP contribution in [0.1, 0.15) is 27.9 Å². The summed E-state index contributed by atoms with van der Waals surface area (Å²) < 4.78 is 0.986. The highest BCUT2D eigenvalue weighted by molar-refractivity contribution is 14.1. The fraction of sp³-hybridized carbons (Fsp3) is 0.0833. The Bertz CT molecular complexity index is 667. The van der Waals surface area contributed by atoms with E-state index in [0.717, 1.165) is 3.57 Å². The van der Waals surface area contributed by atoms with Crippen LogP contribution in [0.15, 0.2) is 18.2 Å². The molecule has 0 bridgehead atoms. The van der Waals surface area contributed by atoms with Crippen LogP contribution in [0.25, 0.3) is 0 Å². The number of halogens is 2. The number of primary amides is 1. The van der Waals surface area contributed by atoms with Gasteiger partial charge in [0.15, 0.2) is 5.78 Å². The summed E-state index contributed by atoms with van der Waals surface area (Å²) in [5.74, 6) is -0.867. The van der Waals surface area contributed by atoms with Crippen LogP contribution in [0, 0.1) is 3.57 Å². The lowest BCUT2D eigenvalue weighted by molar-refractivity contribution is 0.0968. The van der Waals surface area contributed by atoms with Crippen LogP contribution < -0.4 is 11.1 Å². The number of nitrogens with one attached hydrogen (secondary N) is 2. The van der Waals surface area contributed by atoms with E-state index in [2.05, 4.69) is 37.9 Å². The number of nitrogens with zero attached hydrogens (tertiary/aromatic N) is 1. The first-order valence-corrected chi connectivity index (χ1v) is 6.97. The van der Waals surface area contributed by atoms with E-state index in [1.54, 1.807) is 12.1 Å². The molecule has 1 aromatic heterocycles. The molecule has 0 aliphatic heterocycles. The standard InChI is InChI=1S/C12H10ClIN4O2/c1-5(19)9-10(11(15)20)18-12(17-9)16-8-3-2-6(14)4-7(8)13/h2-4H,1H3,(H2,15,20)(H2,16,17,18). The maximum absolute atomic E-state index is 11.4. The van der Waals surface area contributed by atoms with E-state index in [-0.39, 0.29) is 23.1 Å². The number of aromatic amines is 1. The van der Waals surface area contributed by atoms with Crippen molar-refractivity contribution in [2.75, 3.05) is 5.32 Å². The van der Waals surface area contributed by atoms with Crippen molar-refractivity contribution in [1.82, 2.24) is 9.97 Å². The Morgan fingerprint density at radius 1 is 1.45 bits per heavy atom. The fourth-order valence-corrected chi connectivity index (χ4v) is 2.49. The summed E-state index contributed by atoms with van der Waals surface area (Å²) in [4.78, 5) is 29.3. The largest absolute Gasteiger partial charge is 0.364 e. The molecule has 1 aromatic carbocycles. The number of rotatable bonds is 4. The van der Waals surface area contributed by atoms with Crippen molar-refractivity contribution in [2.24, 2.45) is 5.73 Å². The highest BCUT2D eigenvalue weighted by atomic mass is 127. The number of amides is 1. The summed E-state index contributed by atoms with van der Waals surface area (Å²) in [7, 11) is 0. The third kappa shape index (κ3) is 3.10. The molecule has 0 aliphatic carbocycles. The predicted octanol–water partition coefficient (Wildman–Crippen LogP) is 2.71. The number of hydrogen-bond acceptors (Lipinski definition) is 4. The Labute approximate surface area is 133 Å². The lowest BCUT2D eigenvalue weighted by Crippen LogP contribution is -2.15. The molecule has 4 N–H and O–H groups in total. The lowest BCUT2D eigenvalue weighted by atomic mass is 10.2. The van der Waals surface area contributed by atoms with E-state index in [1.165, 1.54) is 6.92 Å². The molecule has 1 heterocycles. The summed E-state index contributed by atoms with van der Waals surface area (Å²) in [5.41, 5.74) is 5.77. The van der Waals surface area contributed by atoms with Crippen molar-refractivity contribution < 1.29 is 9.59 Å². The molecular formula is C12H10ClIN4O2. The van der Waals surface area contributed by atoms with Gasteiger partial charge in [-0.2, -0.15) is 0 Å². The van der Waals surface area contributed by atoms with E-state index < -0.39 is 5.91 Å². The van der Waals surface area contributed by atoms with Crippen molar-refractivity contribution in [2.45, 2.75) is 6.92 Å². The highest BCUT2D eigenvalue weighted by Gasteiger charge is 2.18. The van der Waals surface area contributed by atoms with E-state index in [4.69, 9.17) is 17.3 Å². The third-order valence-electron chi connectivity index (χ3n) is 2.47. The average molecular weight is 405 g/mol. The first kappa shape index (κ1) is 14.8. The molecule has 0 atom stereocenters. The van der Waals surface area contributed by atoms with Gasteiger partial charge in [-0.25, -0.2) is 4.98 Å². The zero-order valence-electron chi connectivity index (χ0n) is 10.3. The molecule has 0 aliphatic rings. The SMILES string of the molecule is CC(=O)c1nc(Nc2ccc(I)cc2Cl)[nH]c1C(N)=O. The Morgan fingerprint density at radius 3 is 2.65 bits per heavy atom. The second-order valence-electron chi connectivity index (χ2n) is 3.98. The number of ketones is 1. The van der Waals surface area contributed by atoms with E-state index >= 15 is 0 Å². The molecule has 6 nitrogen and oxygen atoms in total. The smallest absolute Gasteiger partial charge is 0.267 e. The molecule has 2 aromatic rings. The van der Waals surface area contributed by atoms with Gasteiger partial charge in [0, 0.05) is 10.5 Å². The Hall–Kier alpha value is -1.61. The lowest BCUT2D eigenvalue weighted by Gasteiger charge is -2.05. The molecule has 0 saturated carbocycles. The number of H-pyrrole nitrogens is 1. The number of nitrogens with two attached hydrogens (primary N) is 1. The van der Waals surface area contributed by atoms with E-state index in [0.29, 0.717) is 10.7 Å². The van der Waals surface area contributed by atoms with Gasteiger partial charge in [-0.3, -0.25) is 9.59 Å². The summed E-state index contributed by atoms with van der Waals surface area (Å²) in [6, 6.07) is 5.40. The van der Waals surface area contributed by atoms with Crippen LogP contribution in [0.2, 0.25) is 5.02 Å². The summed E-state index contributed by atoms with van der Waals surface area (Å²) in [6.07, 6.45) is 0. The molecule has 0 radical (unpaired) electrons. The van der Waals surface area contributed by atoms with Gasteiger partial charge >= 0.3 is 0 Å². The van der Waals surface area contributed by atoms with Crippen LogP contribution in [-0.2, 0) is 0 Å². The van der Waals surface area contributed by atoms with Crippen molar-refractivity contribution >= 4 is 57.5 Å². The van der Waals surface area contributed by atoms with Gasteiger partial charge in [-0.15, -0.1) is 0 Å². The maximum Gasteiger partial charge on any atom is 0.267 e. The normalized spacial score (nSPS) is 10.3. The number of carbonyl (C=O) groups excluding carboxylic acids is 2. The highest BCUT2D eigenvalue weighted by Crippen LogP contribution is 2.26. The fourth-order valence-electron chi connectivity index (χ4n) is 1.58. The number of hydrogen-bond donors (Lipinski definition) is 3. The van der Waals surface area contributed by atoms with Crippen LogP contribution in [0.3, 0.4) is 0 Å². The number of aromatic nitrogens is 2. The van der Waals surface area contributed by atoms with Crippen molar-refractivity contribution in [3.05, 3.63) is 38.2 Å². The second-order valence-corrected chi connectivity index (χ2v) is 5.63.